The average Bonchev–Trinajstić information content (AvgIpc) is 2.43. The maximum atomic E-state index is 11.9. The van der Waals surface area contributed by atoms with Crippen molar-refractivity contribution in [2.45, 2.75) is 19.4 Å². The number of nitrogens with two attached hydrogens (primary N) is 1. The molecule has 1 rings (SSSR count). The van der Waals surface area contributed by atoms with E-state index in [2.05, 4.69) is 21.2 Å². The summed E-state index contributed by atoms with van der Waals surface area (Å²) < 4.78 is 11.5. The molecule has 1 atom stereocenters. The molecule has 112 valence electrons. The Morgan fingerprint density at radius 2 is 2.25 bits per heavy atom. The van der Waals surface area contributed by atoms with Crippen LogP contribution in [0, 0.1) is 0 Å². The summed E-state index contributed by atoms with van der Waals surface area (Å²) in [5.41, 5.74) is 6.57. The molecule has 0 bridgehead atoms. The lowest BCUT2D eigenvalue weighted by Gasteiger charge is -2.18. The Morgan fingerprint density at radius 1 is 1.50 bits per heavy atom. The zero-order valence-corrected chi connectivity index (χ0v) is 13.4. The molecule has 0 aliphatic rings. The van der Waals surface area contributed by atoms with Gasteiger partial charge >= 0.3 is 0 Å². The largest absolute Gasteiger partial charge is 0.479 e. The molecule has 1 amide bonds. The van der Waals surface area contributed by atoms with Gasteiger partial charge in [0.2, 0.25) is 0 Å². The summed E-state index contributed by atoms with van der Waals surface area (Å²) >= 11 is 3.44. The smallest absolute Gasteiger partial charge is 0.260 e. The SMILES string of the molecule is COCCNC(=O)C(C)Oc1c(Br)cccc1CCN. The molecule has 6 heteroatoms. The van der Waals surface area contributed by atoms with E-state index in [9.17, 15) is 4.79 Å². The summed E-state index contributed by atoms with van der Waals surface area (Å²) in [5, 5.41) is 2.75. The van der Waals surface area contributed by atoms with Crippen molar-refractivity contribution in [3.8, 4) is 5.75 Å². The van der Waals surface area contributed by atoms with Crippen LogP contribution in [0.5, 0.6) is 5.75 Å². The highest BCUT2D eigenvalue weighted by Gasteiger charge is 2.17. The lowest BCUT2D eigenvalue weighted by atomic mass is 10.1. The fourth-order valence-corrected chi connectivity index (χ4v) is 2.19. The molecule has 1 unspecified atom stereocenters. The fourth-order valence-electron chi connectivity index (χ4n) is 1.69. The van der Waals surface area contributed by atoms with E-state index in [1.54, 1.807) is 14.0 Å². The molecule has 0 aromatic heterocycles. The minimum Gasteiger partial charge on any atom is -0.479 e. The first-order valence-electron chi connectivity index (χ1n) is 6.51. The molecule has 0 saturated carbocycles. The summed E-state index contributed by atoms with van der Waals surface area (Å²) in [4.78, 5) is 11.9. The molecule has 5 nitrogen and oxygen atoms in total. The molecule has 0 heterocycles. The van der Waals surface area contributed by atoms with Crippen molar-refractivity contribution in [1.29, 1.82) is 0 Å². The van der Waals surface area contributed by atoms with Gasteiger partial charge < -0.3 is 20.5 Å². The van der Waals surface area contributed by atoms with Gasteiger partial charge in [-0.3, -0.25) is 4.79 Å². The molecular weight excluding hydrogens is 324 g/mol. The van der Waals surface area contributed by atoms with Crippen molar-refractivity contribution in [1.82, 2.24) is 5.32 Å². The summed E-state index contributed by atoms with van der Waals surface area (Å²) in [7, 11) is 1.59. The normalized spacial score (nSPS) is 12.0. The number of rotatable bonds is 8. The monoisotopic (exact) mass is 344 g/mol. The van der Waals surface area contributed by atoms with Crippen LogP contribution in [0.25, 0.3) is 0 Å². The molecule has 0 aliphatic carbocycles. The van der Waals surface area contributed by atoms with E-state index < -0.39 is 6.10 Å². The topological polar surface area (TPSA) is 73.6 Å². The number of methoxy groups -OCH3 is 1. The zero-order chi connectivity index (χ0) is 15.0. The van der Waals surface area contributed by atoms with Gasteiger partial charge in [0.25, 0.3) is 5.91 Å². The molecule has 1 aromatic rings. The Morgan fingerprint density at radius 3 is 2.90 bits per heavy atom. The van der Waals surface area contributed by atoms with Gasteiger partial charge in [0.1, 0.15) is 5.75 Å². The lowest BCUT2D eigenvalue weighted by Crippen LogP contribution is -2.38. The predicted octanol–water partition coefficient (Wildman–Crippen LogP) is 1.48. The van der Waals surface area contributed by atoms with Crippen molar-refractivity contribution in [3.63, 3.8) is 0 Å². The van der Waals surface area contributed by atoms with Gasteiger partial charge in [0.15, 0.2) is 6.10 Å². The highest BCUT2D eigenvalue weighted by Crippen LogP contribution is 2.30. The second-order valence-corrected chi connectivity index (χ2v) is 5.17. The Bertz CT molecular complexity index is 440. The quantitative estimate of drug-likeness (QED) is 0.700. The summed E-state index contributed by atoms with van der Waals surface area (Å²) in [6.07, 6.45) is 0.120. The van der Waals surface area contributed by atoms with Crippen LogP contribution < -0.4 is 15.8 Å². The Labute approximate surface area is 127 Å². The van der Waals surface area contributed by atoms with Crippen molar-refractivity contribution in [3.05, 3.63) is 28.2 Å². The minimum atomic E-state index is -0.581. The van der Waals surface area contributed by atoms with Gasteiger partial charge in [-0.2, -0.15) is 0 Å². The summed E-state index contributed by atoms with van der Waals surface area (Å²) in [6.45, 7) is 3.19. The maximum Gasteiger partial charge on any atom is 0.260 e. The second kappa shape index (κ2) is 8.94. The third-order valence-electron chi connectivity index (χ3n) is 2.73. The molecule has 0 spiro atoms. The number of nitrogens with one attached hydrogen (secondary N) is 1. The van der Waals surface area contributed by atoms with Crippen LogP contribution in [0.3, 0.4) is 0 Å². The predicted molar refractivity (Wildman–Crippen MR) is 81.9 cm³/mol. The number of benzene rings is 1. The Kier molecular flexibility index (Phi) is 7.58. The van der Waals surface area contributed by atoms with E-state index in [1.165, 1.54) is 0 Å². The second-order valence-electron chi connectivity index (χ2n) is 4.31. The number of hydrogen-bond acceptors (Lipinski definition) is 4. The summed E-state index contributed by atoms with van der Waals surface area (Å²) in [5.74, 6) is 0.504. The number of hydrogen-bond donors (Lipinski definition) is 2. The average molecular weight is 345 g/mol. The van der Waals surface area contributed by atoms with Crippen molar-refractivity contribution >= 4 is 21.8 Å². The first kappa shape index (κ1) is 16.9. The highest BCUT2D eigenvalue weighted by atomic mass is 79.9. The van der Waals surface area contributed by atoms with Crippen molar-refractivity contribution in [2.24, 2.45) is 5.73 Å². The van der Waals surface area contributed by atoms with Crippen LogP contribution in [0.2, 0.25) is 0 Å². The van der Waals surface area contributed by atoms with Crippen molar-refractivity contribution in [2.75, 3.05) is 26.8 Å². The van der Waals surface area contributed by atoms with Gasteiger partial charge in [-0.25, -0.2) is 0 Å². The zero-order valence-electron chi connectivity index (χ0n) is 11.8. The van der Waals surface area contributed by atoms with Crippen molar-refractivity contribution < 1.29 is 14.3 Å². The third-order valence-corrected chi connectivity index (χ3v) is 3.36. The molecule has 3 N–H and O–H groups in total. The first-order chi connectivity index (χ1) is 9.60. The van der Waals surface area contributed by atoms with E-state index in [-0.39, 0.29) is 5.91 Å². The maximum absolute atomic E-state index is 11.9. The highest BCUT2D eigenvalue weighted by molar-refractivity contribution is 9.10. The van der Waals surface area contributed by atoms with Gasteiger partial charge in [-0.1, -0.05) is 12.1 Å². The van der Waals surface area contributed by atoms with E-state index in [4.69, 9.17) is 15.2 Å². The Hall–Kier alpha value is -1.11. The molecular formula is C14H21BrN2O3. The first-order valence-corrected chi connectivity index (χ1v) is 7.30. The van der Waals surface area contributed by atoms with Crippen LogP contribution in [0.4, 0.5) is 0 Å². The Balaban J connectivity index is 2.69. The van der Waals surface area contributed by atoms with Gasteiger partial charge in [0.05, 0.1) is 11.1 Å². The molecule has 0 saturated heterocycles. The number of carbonyl (C=O) groups excluding carboxylic acids is 1. The van der Waals surface area contributed by atoms with Crippen LogP contribution in [-0.2, 0) is 16.0 Å². The number of para-hydroxylation sites is 1. The third kappa shape index (κ3) is 5.11. The van der Waals surface area contributed by atoms with Gasteiger partial charge in [-0.05, 0) is 47.4 Å². The number of amides is 1. The van der Waals surface area contributed by atoms with Crippen LogP contribution in [0.1, 0.15) is 12.5 Å². The van der Waals surface area contributed by atoms with Gasteiger partial charge in [-0.15, -0.1) is 0 Å². The molecule has 0 fully saturated rings. The number of halogens is 1. The lowest BCUT2D eigenvalue weighted by molar-refractivity contribution is -0.127. The molecule has 0 radical (unpaired) electrons. The van der Waals surface area contributed by atoms with Gasteiger partial charge in [0, 0.05) is 13.7 Å². The molecule has 0 aliphatic heterocycles. The van der Waals surface area contributed by atoms with E-state index >= 15 is 0 Å². The fraction of sp³-hybridized carbons (Fsp3) is 0.500. The standard InChI is InChI=1S/C14H21BrN2O3/c1-10(14(18)17-8-9-19-2)20-13-11(6-7-16)4-3-5-12(13)15/h3-5,10H,6-9,16H2,1-2H3,(H,17,18). The number of carbonyl (C=O) groups is 1. The van der Waals surface area contributed by atoms with E-state index in [1.807, 2.05) is 18.2 Å². The van der Waals surface area contributed by atoms with Crippen LogP contribution >= 0.6 is 15.9 Å². The van der Waals surface area contributed by atoms with Crippen LogP contribution in [0.15, 0.2) is 22.7 Å². The number of ether oxygens (including phenoxy) is 2. The van der Waals surface area contributed by atoms with E-state index in [0.717, 1.165) is 10.0 Å². The van der Waals surface area contributed by atoms with Crippen LogP contribution in [-0.4, -0.2) is 38.8 Å². The minimum absolute atomic E-state index is 0.170. The molecule has 1 aromatic carbocycles. The summed E-state index contributed by atoms with van der Waals surface area (Å²) in [6, 6.07) is 5.75. The van der Waals surface area contributed by atoms with E-state index in [0.29, 0.717) is 31.9 Å². The molecule has 20 heavy (non-hydrogen) atoms.